The van der Waals surface area contributed by atoms with Gasteiger partial charge in [0.25, 0.3) is 0 Å². The average molecular weight is 168 g/mol. The Hall–Kier alpha value is 0.0649. The molecule has 0 saturated heterocycles. The zero-order valence-electron chi connectivity index (χ0n) is 9.99. The molecular formula is C11H25B. The second-order valence-electron chi connectivity index (χ2n) is 6.01. The molecule has 0 aromatic heterocycles. The highest BCUT2D eigenvalue weighted by Crippen LogP contribution is 2.41. The predicted octanol–water partition coefficient (Wildman–Crippen LogP) is 3.28. The first-order valence-electron chi connectivity index (χ1n) is 5.19. The Morgan fingerprint density at radius 1 is 1.17 bits per heavy atom. The Morgan fingerprint density at radius 2 is 1.58 bits per heavy atom. The molecule has 0 spiro atoms. The highest BCUT2D eigenvalue weighted by atomic mass is 14.3. The Morgan fingerprint density at radius 3 is 1.83 bits per heavy atom. The lowest BCUT2D eigenvalue weighted by atomic mass is 9.58. The largest absolute Gasteiger partial charge is 0.109 e. The van der Waals surface area contributed by atoms with Gasteiger partial charge in [0.15, 0.2) is 0 Å². The van der Waals surface area contributed by atoms with Gasteiger partial charge in [-0.3, -0.25) is 0 Å². The lowest BCUT2D eigenvalue weighted by Gasteiger charge is -2.35. The van der Waals surface area contributed by atoms with Crippen LogP contribution in [0.3, 0.4) is 0 Å². The van der Waals surface area contributed by atoms with Crippen LogP contribution in [0.25, 0.3) is 0 Å². The van der Waals surface area contributed by atoms with E-state index in [9.17, 15) is 0 Å². The third-order valence-corrected chi connectivity index (χ3v) is 3.16. The number of hydrogen-bond acceptors (Lipinski definition) is 0. The van der Waals surface area contributed by atoms with E-state index < -0.39 is 0 Å². The molecule has 0 bridgehead atoms. The topological polar surface area (TPSA) is 0 Å². The van der Waals surface area contributed by atoms with E-state index in [1.165, 1.54) is 12.8 Å². The minimum Gasteiger partial charge on any atom is -0.0667 e. The van der Waals surface area contributed by atoms with E-state index >= 15 is 0 Å². The first-order chi connectivity index (χ1) is 5.19. The summed E-state index contributed by atoms with van der Waals surface area (Å²) >= 11 is 0. The first kappa shape index (κ1) is 12.1. The van der Waals surface area contributed by atoms with Crippen LogP contribution in [0.15, 0.2) is 0 Å². The van der Waals surface area contributed by atoms with Crippen LogP contribution < -0.4 is 0 Å². The van der Waals surface area contributed by atoms with Gasteiger partial charge in [0.05, 0.1) is 0 Å². The van der Waals surface area contributed by atoms with Crippen molar-refractivity contribution < 1.29 is 0 Å². The van der Waals surface area contributed by atoms with Crippen LogP contribution in [-0.2, 0) is 0 Å². The predicted molar refractivity (Wildman–Crippen MR) is 60.4 cm³/mol. The Labute approximate surface area is 79.5 Å². The molecule has 0 aromatic carbocycles. The van der Waals surface area contributed by atoms with E-state index in [0.29, 0.717) is 10.7 Å². The molecule has 0 saturated carbocycles. The van der Waals surface area contributed by atoms with Crippen molar-refractivity contribution in [1.82, 2.24) is 0 Å². The maximum Gasteiger partial charge on any atom is 0.109 e. The fourth-order valence-electron chi connectivity index (χ4n) is 1.54. The molecule has 0 aliphatic rings. The standard InChI is InChI=1S/C11H25B/c1-7-11(6,12)9(2)8-10(3,4)5/h9H,7-8,12H2,1-6H3. The van der Waals surface area contributed by atoms with Gasteiger partial charge in [-0.25, -0.2) is 0 Å². The average Bonchev–Trinajstić information content (AvgIpc) is 1.84. The summed E-state index contributed by atoms with van der Waals surface area (Å²) in [6, 6.07) is 0. The van der Waals surface area contributed by atoms with Gasteiger partial charge in [-0.2, -0.15) is 0 Å². The van der Waals surface area contributed by atoms with Crippen LogP contribution >= 0.6 is 0 Å². The van der Waals surface area contributed by atoms with Crippen molar-refractivity contribution in [2.45, 2.75) is 59.7 Å². The molecular weight excluding hydrogens is 143 g/mol. The molecule has 1 heteroatoms. The van der Waals surface area contributed by atoms with Gasteiger partial charge < -0.3 is 0 Å². The van der Waals surface area contributed by atoms with Crippen LogP contribution in [-0.4, -0.2) is 7.85 Å². The number of hydrogen-bond donors (Lipinski definition) is 0. The molecule has 0 heterocycles. The third kappa shape index (κ3) is 4.18. The molecule has 0 radical (unpaired) electrons. The van der Waals surface area contributed by atoms with Crippen molar-refractivity contribution in [2.75, 3.05) is 0 Å². The summed E-state index contributed by atoms with van der Waals surface area (Å²) in [7, 11) is 2.38. The van der Waals surface area contributed by atoms with Crippen molar-refractivity contribution in [1.29, 1.82) is 0 Å². The fourth-order valence-corrected chi connectivity index (χ4v) is 1.54. The SMILES string of the molecule is BC(C)(CC)C(C)CC(C)(C)C. The summed E-state index contributed by atoms with van der Waals surface area (Å²) in [6.07, 6.45) is 2.61. The molecule has 0 fully saturated rings. The van der Waals surface area contributed by atoms with Crippen LogP contribution in [0.4, 0.5) is 0 Å². The quantitative estimate of drug-likeness (QED) is 0.567. The van der Waals surface area contributed by atoms with E-state index in [4.69, 9.17) is 0 Å². The Kier molecular flexibility index (Phi) is 3.87. The van der Waals surface area contributed by atoms with Crippen molar-refractivity contribution in [2.24, 2.45) is 11.3 Å². The maximum absolute atomic E-state index is 2.38. The molecule has 12 heavy (non-hydrogen) atoms. The summed E-state index contributed by atoms with van der Waals surface area (Å²) in [5, 5.41) is 0.507. The Balaban J connectivity index is 4.13. The highest BCUT2D eigenvalue weighted by Gasteiger charge is 2.27. The van der Waals surface area contributed by atoms with Gasteiger partial charge in [0, 0.05) is 0 Å². The van der Waals surface area contributed by atoms with E-state index in [1.807, 2.05) is 0 Å². The van der Waals surface area contributed by atoms with E-state index in [1.54, 1.807) is 0 Å². The van der Waals surface area contributed by atoms with Crippen LogP contribution in [0.5, 0.6) is 0 Å². The summed E-state index contributed by atoms with van der Waals surface area (Å²) in [4.78, 5) is 0. The smallest absolute Gasteiger partial charge is 0.0667 e. The monoisotopic (exact) mass is 168 g/mol. The summed E-state index contributed by atoms with van der Waals surface area (Å²) in [6.45, 7) is 14.0. The van der Waals surface area contributed by atoms with Crippen molar-refractivity contribution in [3.8, 4) is 0 Å². The van der Waals surface area contributed by atoms with E-state index in [-0.39, 0.29) is 0 Å². The lowest BCUT2D eigenvalue weighted by molar-refractivity contribution is 0.256. The minimum atomic E-state index is 0.478. The van der Waals surface area contributed by atoms with Gasteiger partial charge >= 0.3 is 0 Å². The highest BCUT2D eigenvalue weighted by molar-refractivity contribution is 6.15. The van der Waals surface area contributed by atoms with Gasteiger partial charge in [-0.15, -0.1) is 0 Å². The van der Waals surface area contributed by atoms with Gasteiger partial charge in [0.2, 0.25) is 0 Å². The summed E-state index contributed by atoms with van der Waals surface area (Å²) in [5.74, 6) is 0.822. The second kappa shape index (κ2) is 3.85. The zero-order chi connectivity index (χ0) is 9.99. The second-order valence-corrected chi connectivity index (χ2v) is 6.01. The molecule has 0 aliphatic heterocycles. The molecule has 0 aliphatic carbocycles. The molecule has 0 nitrogen and oxygen atoms in total. The fraction of sp³-hybridized carbons (Fsp3) is 1.00. The minimum absolute atomic E-state index is 0.478. The van der Waals surface area contributed by atoms with E-state index in [2.05, 4.69) is 49.4 Å². The molecule has 0 rings (SSSR count). The molecule has 2 unspecified atom stereocenters. The summed E-state index contributed by atoms with van der Waals surface area (Å²) in [5.41, 5.74) is 0.478. The molecule has 72 valence electrons. The zero-order valence-corrected chi connectivity index (χ0v) is 9.99. The molecule has 2 atom stereocenters. The maximum atomic E-state index is 2.38. The van der Waals surface area contributed by atoms with Gasteiger partial charge in [-0.1, -0.05) is 53.3 Å². The van der Waals surface area contributed by atoms with Crippen LogP contribution in [0.2, 0.25) is 5.31 Å². The van der Waals surface area contributed by atoms with Gasteiger partial charge in [-0.05, 0) is 17.8 Å². The van der Waals surface area contributed by atoms with Crippen molar-refractivity contribution in [3.63, 3.8) is 0 Å². The molecule has 0 amide bonds. The lowest BCUT2D eigenvalue weighted by Crippen LogP contribution is -2.22. The Bertz CT molecular complexity index is 130. The normalized spacial score (nSPS) is 20.2. The molecule has 0 aromatic rings. The van der Waals surface area contributed by atoms with Crippen molar-refractivity contribution >= 4 is 7.85 Å². The van der Waals surface area contributed by atoms with Crippen LogP contribution in [0, 0.1) is 11.3 Å². The van der Waals surface area contributed by atoms with Gasteiger partial charge in [0.1, 0.15) is 7.85 Å². The van der Waals surface area contributed by atoms with Crippen LogP contribution in [0.1, 0.15) is 54.4 Å². The summed E-state index contributed by atoms with van der Waals surface area (Å²) < 4.78 is 0. The van der Waals surface area contributed by atoms with E-state index in [0.717, 1.165) is 5.92 Å². The third-order valence-electron chi connectivity index (χ3n) is 3.16. The number of rotatable bonds is 3. The molecule has 0 N–H and O–H groups in total. The first-order valence-corrected chi connectivity index (χ1v) is 5.19. The van der Waals surface area contributed by atoms with Crippen molar-refractivity contribution in [3.05, 3.63) is 0 Å².